The van der Waals surface area contributed by atoms with Crippen molar-refractivity contribution in [2.75, 3.05) is 6.54 Å². The summed E-state index contributed by atoms with van der Waals surface area (Å²) in [5.41, 5.74) is 7.93. The van der Waals surface area contributed by atoms with E-state index in [1.807, 2.05) is 25.1 Å². The van der Waals surface area contributed by atoms with Gasteiger partial charge in [-0.15, -0.1) is 0 Å². The van der Waals surface area contributed by atoms with Gasteiger partial charge in [0.05, 0.1) is 8.95 Å². The van der Waals surface area contributed by atoms with Gasteiger partial charge in [0.25, 0.3) is 0 Å². The molecule has 0 amide bonds. The number of halogens is 2. The summed E-state index contributed by atoms with van der Waals surface area (Å²) in [5, 5.41) is 0. The molecular formula is C16H17Br2NO. The van der Waals surface area contributed by atoms with E-state index in [1.165, 1.54) is 5.56 Å². The van der Waals surface area contributed by atoms with Crippen molar-refractivity contribution in [2.24, 2.45) is 5.73 Å². The molecule has 0 fully saturated rings. The Kier molecular flexibility index (Phi) is 5.64. The number of rotatable bonds is 5. The fourth-order valence-corrected chi connectivity index (χ4v) is 3.47. The standard InChI is InChI=1S/C16H17Br2NO/c1-11(13-5-3-2-4-6-13)20-16-14(17)9-12(7-8-19)10-15(16)18/h2-6,9-11H,7-8,19H2,1H3. The van der Waals surface area contributed by atoms with Crippen molar-refractivity contribution in [3.8, 4) is 5.75 Å². The summed E-state index contributed by atoms with van der Waals surface area (Å²) in [6.07, 6.45) is 0.843. The summed E-state index contributed by atoms with van der Waals surface area (Å²) in [5.74, 6) is 0.821. The van der Waals surface area contributed by atoms with E-state index in [4.69, 9.17) is 10.5 Å². The molecule has 0 aliphatic carbocycles. The number of hydrogen-bond donors (Lipinski definition) is 1. The Hall–Kier alpha value is -0.840. The zero-order valence-corrected chi connectivity index (χ0v) is 14.4. The minimum atomic E-state index is -0.0100. The van der Waals surface area contributed by atoms with Gasteiger partial charge in [-0.3, -0.25) is 0 Å². The minimum absolute atomic E-state index is 0.0100. The van der Waals surface area contributed by atoms with Crippen LogP contribution in [0.2, 0.25) is 0 Å². The average molecular weight is 399 g/mol. The van der Waals surface area contributed by atoms with Crippen LogP contribution in [0.4, 0.5) is 0 Å². The van der Waals surface area contributed by atoms with Crippen LogP contribution in [0.1, 0.15) is 24.2 Å². The van der Waals surface area contributed by atoms with Crippen LogP contribution in [0.25, 0.3) is 0 Å². The van der Waals surface area contributed by atoms with Crippen molar-refractivity contribution >= 4 is 31.9 Å². The molecule has 2 N–H and O–H groups in total. The van der Waals surface area contributed by atoms with Gasteiger partial charge in [-0.1, -0.05) is 30.3 Å². The first-order valence-corrected chi connectivity index (χ1v) is 8.10. The second-order valence-corrected chi connectivity index (χ2v) is 6.31. The molecule has 2 aromatic carbocycles. The molecule has 0 aliphatic rings. The molecule has 4 heteroatoms. The number of nitrogens with two attached hydrogens (primary N) is 1. The second kappa shape index (κ2) is 7.25. The molecule has 0 saturated heterocycles. The van der Waals surface area contributed by atoms with Crippen molar-refractivity contribution in [3.63, 3.8) is 0 Å². The Labute approximate surface area is 136 Å². The molecular weight excluding hydrogens is 382 g/mol. The van der Waals surface area contributed by atoms with E-state index >= 15 is 0 Å². The van der Waals surface area contributed by atoms with Crippen molar-refractivity contribution in [2.45, 2.75) is 19.4 Å². The molecule has 0 radical (unpaired) electrons. The molecule has 0 heterocycles. The van der Waals surface area contributed by atoms with Crippen LogP contribution in [0.5, 0.6) is 5.75 Å². The average Bonchev–Trinajstić information content (AvgIpc) is 2.44. The van der Waals surface area contributed by atoms with E-state index in [9.17, 15) is 0 Å². The van der Waals surface area contributed by atoms with Gasteiger partial charge in [0, 0.05) is 0 Å². The van der Waals surface area contributed by atoms with Gasteiger partial charge in [0.15, 0.2) is 0 Å². The quantitative estimate of drug-likeness (QED) is 0.780. The SMILES string of the molecule is CC(Oc1c(Br)cc(CCN)cc1Br)c1ccccc1. The molecule has 20 heavy (non-hydrogen) atoms. The van der Waals surface area contributed by atoms with Crippen LogP contribution in [-0.2, 0) is 6.42 Å². The fraction of sp³-hybridized carbons (Fsp3) is 0.250. The summed E-state index contributed by atoms with van der Waals surface area (Å²) in [7, 11) is 0. The molecule has 2 aromatic rings. The van der Waals surface area contributed by atoms with Crippen molar-refractivity contribution in [3.05, 3.63) is 62.5 Å². The normalized spacial score (nSPS) is 12.2. The van der Waals surface area contributed by atoms with Crippen LogP contribution >= 0.6 is 31.9 Å². The van der Waals surface area contributed by atoms with Gasteiger partial charge in [0.2, 0.25) is 0 Å². The maximum atomic E-state index is 6.07. The lowest BCUT2D eigenvalue weighted by Crippen LogP contribution is -2.06. The van der Waals surface area contributed by atoms with Crippen LogP contribution < -0.4 is 10.5 Å². The fourth-order valence-electron chi connectivity index (χ4n) is 2.00. The largest absolute Gasteiger partial charge is 0.484 e. The molecule has 0 saturated carbocycles. The Bertz CT molecular complexity index is 549. The lowest BCUT2D eigenvalue weighted by atomic mass is 10.1. The van der Waals surface area contributed by atoms with Gasteiger partial charge < -0.3 is 10.5 Å². The third-order valence-electron chi connectivity index (χ3n) is 3.05. The van der Waals surface area contributed by atoms with E-state index < -0.39 is 0 Å². The summed E-state index contributed by atoms with van der Waals surface area (Å²) in [6.45, 7) is 2.68. The summed E-state index contributed by atoms with van der Waals surface area (Å²) in [4.78, 5) is 0. The maximum absolute atomic E-state index is 6.07. The highest BCUT2D eigenvalue weighted by Gasteiger charge is 2.13. The van der Waals surface area contributed by atoms with Crippen molar-refractivity contribution in [1.29, 1.82) is 0 Å². The summed E-state index contributed by atoms with van der Waals surface area (Å²) in [6, 6.07) is 14.3. The maximum Gasteiger partial charge on any atom is 0.148 e. The van der Waals surface area contributed by atoms with Crippen LogP contribution in [0.15, 0.2) is 51.4 Å². The van der Waals surface area contributed by atoms with Crippen molar-refractivity contribution in [1.82, 2.24) is 0 Å². The first-order chi connectivity index (χ1) is 9.61. The van der Waals surface area contributed by atoms with E-state index in [-0.39, 0.29) is 6.10 Å². The first-order valence-electron chi connectivity index (χ1n) is 6.51. The Morgan fingerprint density at radius 2 is 1.70 bits per heavy atom. The smallest absolute Gasteiger partial charge is 0.148 e. The molecule has 106 valence electrons. The minimum Gasteiger partial charge on any atom is -0.484 e. The van der Waals surface area contributed by atoms with Crippen LogP contribution in [-0.4, -0.2) is 6.54 Å². The zero-order valence-electron chi connectivity index (χ0n) is 11.3. The molecule has 0 aromatic heterocycles. The van der Waals surface area contributed by atoms with Gasteiger partial charge in [-0.2, -0.15) is 0 Å². The second-order valence-electron chi connectivity index (χ2n) is 4.60. The van der Waals surface area contributed by atoms with Crippen LogP contribution in [0.3, 0.4) is 0 Å². The van der Waals surface area contributed by atoms with Gasteiger partial charge in [-0.25, -0.2) is 0 Å². The van der Waals surface area contributed by atoms with E-state index in [0.717, 1.165) is 26.7 Å². The third-order valence-corrected chi connectivity index (χ3v) is 4.23. The molecule has 1 atom stereocenters. The molecule has 1 unspecified atom stereocenters. The van der Waals surface area contributed by atoms with Gasteiger partial charge in [0.1, 0.15) is 11.9 Å². The van der Waals surface area contributed by atoms with E-state index in [2.05, 4.69) is 56.1 Å². The highest BCUT2D eigenvalue weighted by atomic mass is 79.9. The molecule has 2 nitrogen and oxygen atoms in total. The predicted molar refractivity (Wildman–Crippen MR) is 90.1 cm³/mol. The zero-order chi connectivity index (χ0) is 14.5. The van der Waals surface area contributed by atoms with Gasteiger partial charge >= 0.3 is 0 Å². The summed E-state index contributed by atoms with van der Waals surface area (Å²) >= 11 is 7.15. The highest BCUT2D eigenvalue weighted by Crippen LogP contribution is 2.37. The lowest BCUT2D eigenvalue weighted by Gasteiger charge is -2.18. The number of hydrogen-bond acceptors (Lipinski definition) is 2. The first kappa shape index (κ1) is 15.5. The molecule has 2 rings (SSSR count). The predicted octanol–water partition coefficient (Wildman–Crippen LogP) is 4.85. The monoisotopic (exact) mass is 397 g/mol. The van der Waals surface area contributed by atoms with Crippen LogP contribution in [0, 0.1) is 0 Å². The number of benzene rings is 2. The van der Waals surface area contributed by atoms with Gasteiger partial charge in [-0.05, 0) is 75.0 Å². The molecule has 0 aliphatic heterocycles. The Balaban J connectivity index is 2.21. The van der Waals surface area contributed by atoms with E-state index in [1.54, 1.807) is 0 Å². The lowest BCUT2D eigenvalue weighted by molar-refractivity contribution is 0.224. The highest BCUT2D eigenvalue weighted by molar-refractivity contribution is 9.11. The third kappa shape index (κ3) is 3.84. The number of ether oxygens (including phenoxy) is 1. The van der Waals surface area contributed by atoms with E-state index in [0.29, 0.717) is 6.54 Å². The summed E-state index contributed by atoms with van der Waals surface area (Å²) < 4.78 is 7.96. The Morgan fingerprint density at radius 3 is 2.25 bits per heavy atom. The molecule has 0 spiro atoms. The topological polar surface area (TPSA) is 35.2 Å². The Morgan fingerprint density at radius 1 is 1.10 bits per heavy atom. The molecule has 0 bridgehead atoms. The van der Waals surface area contributed by atoms with Crippen molar-refractivity contribution < 1.29 is 4.74 Å².